The van der Waals surface area contributed by atoms with E-state index < -0.39 is 5.91 Å². The summed E-state index contributed by atoms with van der Waals surface area (Å²) in [6.07, 6.45) is 3.00. The quantitative estimate of drug-likeness (QED) is 0.736. The zero-order chi connectivity index (χ0) is 16.2. The third kappa shape index (κ3) is 2.78. The molecule has 1 amide bonds. The Morgan fingerprint density at radius 3 is 2.70 bits per heavy atom. The molecule has 0 aliphatic rings. The fourth-order valence-electron chi connectivity index (χ4n) is 2.06. The lowest BCUT2D eigenvalue weighted by Crippen LogP contribution is -2.29. The largest absolute Gasteiger partial charge is 0.298 e. The number of anilines is 1. The predicted molar refractivity (Wildman–Crippen MR) is 83.0 cm³/mol. The van der Waals surface area contributed by atoms with E-state index in [9.17, 15) is 4.79 Å². The Balaban J connectivity index is 1.89. The van der Waals surface area contributed by atoms with Crippen molar-refractivity contribution in [1.29, 1.82) is 5.26 Å². The summed E-state index contributed by atoms with van der Waals surface area (Å²) in [5.74, 6) is -0.128. The van der Waals surface area contributed by atoms with Crippen molar-refractivity contribution in [2.24, 2.45) is 0 Å². The molecule has 0 saturated carbocycles. The first-order valence-corrected chi connectivity index (χ1v) is 6.81. The lowest BCUT2D eigenvalue weighted by atomic mass is 10.2. The van der Waals surface area contributed by atoms with Crippen LogP contribution in [0.3, 0.4) is 0 Å². The molecular weight excluding hydrogens is 292 g/mol. The number of benzene rings is 1. The number of rotatable bonds is 3. The van der Waals surface area contributed by atoms with Gasteiger partial charge in [-0.05, 0) is 24.3 Å². The molecule has 0 aliphatic heterocycles. The van der Waals surface area contributed by atoms with Gasteiger partial charge in [-0.1, -0.05) is 18.2 Å². The molecule has 0 aliphatic carbocycles. The smallest absolute Gasteiger partial charge is 0.292 e. The molecular formula is C16H12N6O. The maximum Gasteiger partial charge on any atom is 0.298 e. The van der Waals surface area contributed by atoms with Crippen LogP contribution in [-0.2, 0) is 0 Å². The van der Waals surface area contributed by atoms with Crippen LogP contribution in [0.4, 0.5) is 5.82 Å². The molecule has 0 spiro atoms. The van der Waals surface area contributed by atoms with Crippen LogP contribution >= 0.6 is 0 Å². The fourth-order valence-corrected chi connectivity index (χ4v) is 2.06. The molecule has 0 saturated heterocycles. The number of aromatic nitrogens is 4. The van der Waals surface area contributed by atoms with Crippen LogP contribution in [0.25, 0.3) is 5.69 Å². The Labute approximate surface area is 132 Å². The molecule has 7 heteroatoms. The summed E-state index contributed by atoms with van der Waals surface area (Å²) in [7, 11) is 1.54. The Morgan fingerprint density at radius 2 is 1.96 bits per heavy atom. The van der Waals surface area contributed by atoms with Gasteiger partial charge in [-0.25, -0.2) is 14.6 Å². The van der Waals surface area contributed by atoms with Crippen LogP contribution in [0.2, 0.25) is 0 Å². The van der Waals surface area contributed by atoms with Gasteiger partial charge in [-0.2, -0.15) is 5.26 Å². The van der Waals surface area contributed by atoms with Crippen molar-refractivity contribution in [1.82, 2.24) is 19.7 Å². The molecule has 3 aromatic rings. The molecule has 0 bridgehead atoms. The SMILES string of the molecule is CN(C(=O)c1ncn(-c2ccccc2)n1)c1ncccc1C#N. The van der Waals surface area contributed by atoms with E-state index in [0.717, 1.165) is 5.69 Å². The van der Waals surface area contributed by atoms with Gasteiger partial charge >= 0.3 is 0 Å². The van der Waals surface area contributed by atoms with Crippen LogP contribution < -0.4 is 4.90 Å². The topological polar surface area (TPSA) is 87.7 Å². The highest BCUT2D eigenvalue weighted by Gasteiger charge is 2.21. The van der Waals surface area contributed by atoms with E-state index in [0.29, 0.717) is 5.56 Å². The molecule has 0 unspecified atom stereocenters. The van der Waals surface area contributed by atoms with Gasteiger partial charge in [0, 0.05) is 13.2 Å². The number of amides is 1. The van der Waals surface area contributed by atoms with Crippen LogP contribution in [0.5, 0.6) is 0 Å². The molecule has 0 radical (unpaired) electrons. The highest BCUT2D eigenvalue weighted by molar-refractivity contribution is 6.03. The Hall–Kier alpha value is -3.53. The van der Waals surface area contributed by atoms with E-state index in [-0.39, 0.29) is 11.6 Å². The normalized spacial score (nSPS) is 10.1. The van der Waals surface area contributed by atoms with Crippen molar-refractivity contribution in [3.8, 4) is 11.8 Å². The Morgan fingerprint density at radius 1 is 1.17 bits per heavy atom. The average Bonchev–Trinajstić information content (AvgIpc) is 3.11. The molecule has 23 heavy (non-hydrogen) atoms. The summed E-state index contributed by atoms with van der Waals surface area (Å²) >= 11 is 0. The molecule has 0 fully saturated rings. The monoisotopic (exact) mass is 304 g/mol. The summed E-state index contributed by atoms with van der Waals surface area (Å²) in [6, 6.07) is 14.6. The van der Waals surface area contributed by atoms with Crippen molar-refractivity contribution < 1.29 is 4.79 Å². The van der Waals surface area contributed by atoms with E-state index in [4.69, 9.17) is 5.26 Å². The highest BCUT2D eigenvalue weighted by Crippen LogP contribution is 2.16. The molecule has 7 nitrogen and oxygen atoms in total. The van der Waals surface area contributed by atoms with Gasteiger partial charge in [0.05, 0.1) is 11.3 Å². The summed E-state index contributed by atoms with van der Waals surface area (Å²) in [5.41, 5.74) is 1.11. The first-order chi connectivity index (χ1) is 11.2. The van der Waals surface area contributed by atoms with E-state index >= 15 is 0 Å². The highest BCUT2D eigenvalue weighted by atomic mass is 16.2. The number of para-hydroxylation sites is 1. The van der Waals surface area contributed by atoms with Crippen LogP contribution in [0.1, 0.15) is 16.2 Å². The summed E-state index contributed by atoms with van der Waals surface area (Å²) in [5, 5.41) is 13.3. The minimum absolute atomic E-state index is 0.0332. The standard InChI is InChI=1S/C16H12N6O/c1-21(15-12(10-17)6-5-9-18-15)16(23)14-19-11-22(20-14)13-7-3-2-4-8-13/h2-9,11H,1H3. The van der Waals surface area contributed by atoms with Gasteiger partial charge in [-0.15, -0.1) is 5.10 Å². The van der Waals surface area contributed by atoms with Gasteiger partial charge < -0.3 is 0 Å². The third-order valence-corrected chi connectivity index (χ3v) is 3.23. The second kappa shape index (κ2) is 6.07. The minimum Gasteiger partial charge on any atom is -0.292 e. The summed E-state index contributed by atoms with van der Waals surface area (Å²) in [4.78, 5) is 21.9. The van der Waals surface area contributed by atoms with E-state index in [2.05, 4.69) is 15.1 Å². The molecule has 0 N–H and O–H groups in total. The second-order valence-electron chi connectivity index (χ2n) is 4.70. The van der Waals surface area contributed by atoms with Crippen LogP contribution in [-0.4, -0.2) is 32.7 Å². The minimum atomic E-state index is -0.435. The number of carbonyl (C=O) groups is 1. The fraction of sp³-hybridized carbons (Fsp3) is 0.0625. The summed E-state index contributed by atoms with van der Waals surface area (Å²) in [6.45, 7) is 0. The Bertz CT molecular complexity index is 881. The van der Waals surface area contributed by atoms with Crippen LogP contribution in [0.15, 0.2) is 55.0 Å². The number of pyridine rings is 1. The van der Waals surface area contributed by atoms with Crippen molar-refractivity contribution in [2.45, 2.75) is 0 Å². The van der Waals surface area contributed by atoms with Crippen LogP contribution in [0, 0.1) is 11.3 Å². The average molecular weight is 304 g/mol. The van der Waals surface area contributed by atoms with E-state index in [1.54, 1.807) is 12.1 Å². The molecule has 112 valence electrons. The number of hydrogen-bond acceptors (Lipinski definition) is 5. The number of carbonyl (C=O) groups excluding carboxylic acids is 1. The zero-order valence-corrected chi connectivity index (χ0v) is 12.3. The first kappa shape index (κ1) is 14.4. The van der Waals surface area contributed by atoms with E-state index in [1.807, 2.05) is 36.4 Å². The third-order valence-electron chi connectivity index (χ3n) is 3.23. The van der Waals surface area contributed by atoms with Crippen molar-refractivity contribution in [2.75, 3.05) is 11.9 Å². The van der Waals surface area contributed by atoms with E-state index in [1.165, 1.54) is 29.2 Å². The predicted octanol–water partition coefficient (Wildman–Crippen LogP) is 1.81. The number of nitrogens with zero attached hydrogens (tertiary/aromatic N) is 6. The maximum absolute atomic E-state index is 12.5. The van der Waals surface area contributed by atoms with Gasteiger partial charge in [0.2, 0.25) is 5.82 Å². The molecule has 2 aromatic heterocycles. The second-order valence-corrected chi connectivity index (χ2v) is 4.70. The maximum atomic E-state index is 12.5. The zero-order valence-electron chi connectivity index (χ0n) is 12.3. The number of hydrogen-bond donors (Lipinski definition) is 0. The lowest BCUT2D eigenvalue weighted by molar-refractivity contribution is 0.0982. The lowest BCUT2D eigenvalue weighted by Gasteiger charge is -2.15. The molecule has 0 atom stereocenters. The molecule has 3 rings (SSSR count). The molecule has 1 aromatic carbocycles. The van der Waals surface area contributed by atoms with Gasteiger partial charge in [0.25, 0.3) is 5.91 Å². The molecule has 2 heterocycles. The first-order valence-electron chi connectivity index (χ1n) is 6.81. The Kier molecular flexibility index (Phi) is 3.80. The van der Waals surface area contributed by atoms with Gasteiger partial charge in [0.15, 0.2) is 5.82 Å². The number of nitriles is 1. The van der Waals surface area contributed by atoms with Crippen molar-refractivity contribution in [3.63, 3.8) is 0 Å². The summed E-state index contributed by atoms with van der Waals surface area (Å²) < 4.78 is 1.52. The van der Waals surface area contributed by atoms with Gasteiger partial charge in [0.1, 0.15) is 12.4 Å². The van der Waals surface area contributed by atoms with Gasteiger partial charge in [-0.3, -0.25) is 9.69 Å². The van der Waals surface area contributed by atoms with Crippen molar-refractivity contribution in [3.05, 3.63) is 66.4 Å². The van der Waals surface area contributed by atoms with Crippen molar-refractivity contribution >= 4 is 11.7 Å².